The summed E-state index contributed by atoms with van der Waals surface area (Å²) in [4.78, 5) is 0. The average Bonchev–Trinajstić information content (AvgIpc) is 2.33. The lowest BCUT2D eigenvalue weighted by Crippen LogP contribution is -2.47. The van der Waals surface area contributed by atoms with E-state index in [4.69, 9.17) is 4.74 Å². The first kappa shape index (κ1) is 11.5. The Balaban J connectivity index is 1.69. The standard InChI is InChI=1S/C12H17FN2O/c13-11-3-1-10(2-4-11)7-14-8-12-9-16-6-5-15-12/h1-4,12,14-15H,5-9H2. The minimum absolute atomic E-state index is 0.189. The van der Waals surface area contributed by atoms with Gasteiger partial charge in [-0.25, -0.2) is 4.39 Å². The lowest BCUT2D eigenvalue weighted by molar-refractivity contribution is 0.0766. The Morgan fingerprint density at radius 3 is 2.88 bits per heavy atom. The van der Waals surface area contributed by atoms with Crippen molar-refractivity contribution in [3.8, 4) is 0 Å². The van der Waals surface area contributed by atoms with Crippen LogP contribution in [0, 0.1) is 5.82 Å². The van der Waals surface area contributed by atoms with Crippen molar-refractivity contribution in [1.29, 1.82) is 0 Å². The predicted octanol–water partition coefficient (Wildman–Crippen LogP) is 0.904. The van der Waals surface area contributed by atoms with Gasteiger partial charge in [-0.2, -0.15) is 0 Å². The fourth-order valence-corrected chi connectivity index (χ4v) is 1.74. The summed E-state index contributed by atoms with van der Waals surface area (Å²) >= 11 is 0. The Labute approximate surface area is 95.0 Å². The maximum absolute atomic E-state index is 12.7. The van der Waals surface area contributed by atoms with E-state index in [2.05, 4.69) is 10.6 Å². The van der Waals surface area contributed by atoms with Crippen LogP contribution in [0.15, 0.2) is 24.3 Å². The Morgan fingerprint density at radius 1 is 1.38 bits per heavy atom. The van der Waals surface area contributed by atoms with Crippen molar-refractivity contribution in [2.24, 2.45) is 0 Å². The monoisotopic (exact) mass is 224 g/mol. The maximum Gasteiger partial charge on any atom is 0.123 e. The van der Waals surface area contributed by atoms with Crippen LogP contribution in [0.4, 0.5) is 4.39 Å². The summed E-state index contributed by atoms with van der Waals surface area (Å²) in [5, 5.41) is 6.69. The van der Waals surface area contributed by atoms with Gasteiger partial charge in [0.25, 0.3) is 0 Å². The van der Waals surface area contributed by atoms with Crippen LogP contribution in [0.5, 0.6) is 0 Å². The summed E-state index contributed by atoms with van der Waals surface area (Å²) in [5.41, 5.74) is 1.10. The van der Waals surface area contributed by atoms with Crippen molar-refractivity contribution in [3.05, 3.63) is 35.6 Å². The zero-order valence-corrected chi connectivity index (χ0v) is 9.21. The second-order valence-electron chi connectivity index (χ2n) is 3.98. The van der Waals surface area contributed by atoms with Crippen LogP contribution in [0.25, 0.3) is 0 Å². The van der Waals surface area contributed by atoms with E-state index in [1.54, 1.807) is 12.1 Å². The zero-order chi connectivity index (χ0) is 11.2. The van der Waals surface area contributed by atoms with Gasteiger partial charge in [-0.3, -0.25) is 0 Å². The number of hydrogen-bond acceptors (Lipinski definition) is 3. The second kappa shape index (κ2) is 5.94. The zero-order valence-electron chi connectivity index (χ0n) is 9.21. The average molecular weight is 224 g/mol. The molecule has 1 aromatic carbocycles. The number of nitrogens with one attached hydrogen (secondary N) is 2. The molecule has 4 heteroatoms. The van der Waals surface area contributed by atoms with Crippen LogP contribution >= 0.6 is 0 Å². The predicted molar refractivity (Wildman–Crippen MR) is 60.7 cm³/mol. The molecule has 1 aliphatic rings. The minimum atomic E-state index is -0.189. The fraction of sp³-hybridized carbons (Fsp3) is 0.500. The smallest absolute Gasteiger partial charge is 0.123 e. The van der Waals surface area contributed by atoms with Crippen LogP contribution < -0.4 is 10.6 Å². The summed E-state index contributed by atoms with van der Waals surface area (Å²) < 4.78 is 18.0. The second-order valence-corrected chi connectivity index (χ2v) is 3.98. The molecule has 1 fully saturated rings. The number of halogens is 1. The molecule has 3 nitrogen and oxygen atoms in total. The van der Waals surface area contributed by atoms with Crippen molar-refractivity contribution in [1.82, 2.24) is 10.6 Å². The minimum Gasteiger partial charge on any atom is -0.378 e. The lowest BCUT2D eigenvalue weighted by atomic mass is 10.2. The van der Waals surface area contributed by atoms with Crippen molar-refractivity contribution in [2.75, 3.05) is 26.3 Å². The topological polar surface area (TPSA) is 33.3 Å². The summed E-state index contributed by atoms with van der Waals surface area (Å²) in [7, 11) is 0. The molecular weight excluding hydrogens is 207 g/mol. The molecule has 1 aromatic rings. The molecule has 2 rings (SSSR count). The Kier molecular flexibility index (Phi) is 4.27. The fourth-order valence-electron chi connectivity index (χ4n) is 1.74. The van der Waals surface area contributed by atoms with Gasteiger partial charge in [-0.05, 0) is 17.7 Å². The number of hydrogen-bond donors (Lipinski definition) is 2. The first-order chi connectivity index (χ1) is 7.84. The van der Waals surface area contributed by atoms with E-state index < -0.39 is 0 Å². The van der Waals surface area contributed by atoms with Gasteiger partial charge in [0.1, 0.15) is 5.82 Å². The van der Waals surface area contributed by atoms with E-state index in [0.29, 0.717) is 6.04 Å². The third-order valence-electron chi connectivity index (χ3n) is 2.63. The van der Waals surface area contributed by atoms with Crippen LogP contribution in [-0.4, -0.2) is 32.3 Å². The Hall–Kier alpha value is -0.970. The summed E-state index contributed by atoms with van der Waals surface area (Å²) in [6.07, 6.45) is 0. The molecule has 0 aliphatic carbocycles. The molecular formula is C12H17FN2O. The number of ether oxygens (including phenoxy) is 1. The van der Waals surface area contributed by atoms with E-state index >= 15 is 0 Å². The molecule has 1 unspecified atom stereocenters. The highest BCUT2D eigenvalue weighted by atomic mass is 19.1. The SMILES string of the molecule is Fc1ccc(CNCC2COCCN2)cc1. The highest BCUT2D eigenvalue weighted by Crippen LogP contribution is 2.02. The van der Waals surface area contributed by atoms with E-state index in [0.717, 1.165) is 38.4 Å². The van der Waals surface area contributed by atoms with Crippen molar-refractivity contribution < 1.29 is 9.13 Å². The molecule has 1 saturated heterocycles. The van der Waals surface area contributed by atoms with Crippen molar-refractivity contribution in [2.45, 2.75) is 12.6 Å². The Morgan fingerprint density at radius 2 is 2.19 bits per heavy atom. The summed E-state index contributed by atoms with van der Waals surface area (Å²) in [6, 6.07) is 6.95. The van der Waals surface area contributed by atoms with Gasteiger partial charge in [-0.1, -0.05) is 12.1 Å². The van der Waals surface area contributed by atoms with Crippen molar-refractivity contribution in [3.63, 3.8) is 0 Å². The third kappa shape index (κ3) is 3.56. The van der Waals surface area contributed by atoms with Gasteiger partial charge in [0.05, 0.1) is 13.2 Å². The number of rotatable bonds is 4. The molecule has 0 aromatic heterocycles. The highest BCUT2D eigenvalue weighted by Gasteiger charge is 2.11. The molecule has 88 valence electrons. The van der Waals surface area contributed by atoms with E-state index in [9.17, 15) is 4.39 Å². The normalized spacial score (nSPS) is 20.9. The molecule has 0 bridgehead atoms. The number of benzene rings is 1. The maximum atomic E-state index is 12.7. The summed E-state index contributed by atoms with van der Waals surface area (Å²) in [6.45, 7) is 4.11. The lowest BCUT2D eigenvalue weighted by Gasteiger charge is -2.24. The van der Waals surface area contributed by atoms with Gasteiger partial charge in [0.2, 0.25) is 0 Å². The molecule has 0 saturated carbocycles. The van der Waals surface area contributed by atoms with Gasteiger partial charge in [0.15, 0.2) is 0 Å². The van der Waals surface area contributed by atoms with Crippen molar-refractivity contribution >= 4 is 0 Å². The van der Waals surface area contributed by atoms with Crippen LogP contribution in [0.2, 0.25) is 0 Å². The van der Waals surface area contributed by atoms with Gasteiger partial charge < -0.3 is 15.4 Å². The molecule has 0 amide bonds. The van der Waals surface area contributed by atoms with Gasteiger partial charge in [-0.15, -0.1) is 0 Å². The molecule has 2 N–H and O–H groups in total. The largest absolute Gasteiger partial charge is 0.378 e. The Bertz CT molecular complexity index is 309. The first-order valence-electron chi connectivity index (χ1n) is 5.61. The van der Waals surface area contributed by atoms with E-state index in [-0.39, 0.29) is 5.82 Å². The van der Waals surface area contributed by atoms with Gasteiger partial charge in [0, 0.05) is 25.7 Å². The van der Waals surface area contributed by atoms with E-state index in [1.807, 2.05) is 0 Å². The third-order valence-corrected chi connectivity index (χ3v) is 2.63. The number of morpholine rings is 1. The molecule has 0 spiro atoms. The first-order valence-corrected chi connectivity index (χ1v) is 5.61. The van der Waals surface area contributed by atoms with E-state index in [1.165, 1.54) is 12.1 Å². The quantitative estimate of drug-likeness (QED) is 0.797. The molecule has 1 aliphatic heterocycles. The molecule has 16 heavy (non-hydrogen) atoms. The van der Waals surface area contributed by atoms with Crippen LogP contribution in [0.1, 0.15) is 5.56 Å². The van der Waals surface area contributed by atoms with Crippen LogP contribution in [0.3, 0.4) is 0 Å². The highest BCUT2D eigenvalue weighted by molar-refractivity contribution is 5.15. The molecule has 1 atom stereocenters. The molecule has 1 heterocycles. The van der Waals surface area contributed by atoms with Crippen LogP contribution in [-0.2, 0) is 11.3 Å². The summed E-state index contributed by atoms with van der Waals surface area (Å²) in [5.74, 6) is -0.189. The van der Waals surface area contributed by atoms with Gasteiger partial charge >= 0.3 is 0 Å². The molecule has 0 radical (unpaired) electrons.